The number of carbonyl (C=O) groups excluding carboxylic acids is 1. The minimum absolute atomic E-state index is 0.536. The first-order chi connectivity index (χ1) is 9.74. The number of rotatable bonds is 2. The van der Waals surface area contributed by atoms with E-state index in [2.05, 4.69) is 12.2 Å². The molecule has 1 saturated carbocycles. The number of nitrogens with zero attached hydrogens (tertiary/aromatic N) is 1. The van der Waals surface area contributed by atoms with E-state index in [-0.39, 0.29) is 0 Å². The van der Waals surface area contributed by atoms with Crippen LogP contribution >= 0.6 is 0 Å². The fraction of sp³-hybridized carbons (Fsp3) is 0.938. The van der Waals surface area contributed by atoms with E-state index in [0.717, 1.165) is 26.0 Å². The Bertz CT molecular complexity index is 175. The SMILES string of the molecule is CC.CCNC.NC1CCCCC1.O=CN1CCCC1. The first-order valence-corrected chi connectivity index (χ1v) is 8.34. The van der Waals surface area contributed by atoms with Crippen molar-refractivity contribution in [3.63, 3.8) is 0 Å². The lowest BCUT2D eigenvalue weighted by atomic mass is 9.97. The largest absolute Gasteiger partial charge is 0.345 e. The fourth-order valence-electron chi connectivity index (χ4n) is 1.98. The van der Waals surface area contributed by atoms with Gasteiger partial charge in [0.2, 0.25) is 6.41 Å². The van der Waals surface area contributed by atoms with Gasteiger partial charge in [-0.3, -0.25) is 4.79 Å². The molecule has 0 radical (unpaired) electrons. The maximum Gasteiger partial charge on any atom is 0.209 e. The monoisotopic (exact) mass is 287 g/mol. The van der Waals surface area contributed by atoms with Gasteiger partial charge in [0.25, 0.3) is 0 Å². The molecular weight excluding hydrogens is 250 g/mol. The zero-order valence-corrected chi connectivity index (χ0v) is 14.2. The molecule has 20 heavy (non-hydrogen) atoms. The normalized spacial score (nSPS) is 17.8. The molecule has 3 N–H and O–H groups in total. The van der Waals surface area contributed by atoms with Gasteiger partial charge < -0.3 is 16.0 Å². The molecule has 122 valence electrons. The Morgan fingerprint density at radius 2 is 1.55 bits per heavy atom. The minimum atomic E-state index is 0.536. The number of hydrogen-bond acceptors (Lipinski definition) is 3. The van der Waals surface area contributed by atoms with Crippen molar-refractivity contribution in [3.8, 4) is 0 Å². The Morgan fingerprint density at radius 1 is 1.10 bits per heavy atom. The van der Waals surface area contributed by atoms with Gasteiger partial charge in [-0.25, -0.2) is 0 Å². The molecule has 0 bridgehead atoms. The van der Waals surface area contributed by atoms with Gasteiger partial charge in [0, 0.05) is 19.1 Å². The predicted octanol–water partition coefficient (Wildman–Crippen LogP) is 2.77. The Balaban J connectivity index is 0. The van der Waals surface area contributed by atoms with Gasteiger partial charge in [-0.05, 0) is 39.3 Å². The van der Waals surface area contributed by atoms with Crippen molar-refractivity contribution in [3.05, 3.63) is 0 Å². The highest BCUT2D eigenvalue weighted by Gasteiger charge is 2.06. The van der Waals surface area contributed by atoms with Crippen LogP contribution in [0.5, 0.6) is 0 Å². The third-order valence-electron chi connectivity index (χ3n) is 3.29. The first-order valence-electron chi connectivity index (χ1n) is 8.34. The van der Waals surface area contributed by atoms with Crippen LogP contribution in [0.3, 0.4) is 0 Å². The summed E-state index contributed by atoms with van der Waals surface area (Å²) in [5, 5.41) is 2.93. The molecule has 1 aliphatic heterocycles. The number of likely N-dealkylation sites (tertiary alicyclic amines) is 1. The van der Waals surface area contributed by atoms with Gasteiger partial charge in [0.1, 0.15) is 0 Å². The van der Waals surface area contributed by atoms with Gasteiger partial charge >= 0.3 is 0 Å². The van der Waals surface area contributed by atoms with Crippen LogP contribution in [0.4, 0.5) is 0 Å². The van der Waals surface area contributed by atoms with E-state index in [1.54, 1.807) is 4.90 Å². The number of nitrogens with one attached hydrogen (secondary N) is 1. The molecule has 4 heteroatoms. The van der Waals surface area contributed by atoms with Crippen LogP contribution in [0.2, 0.25) is 0 Å². The second kappa shape index (κ2) is 18.4. The van der Waals surface area contributed by atoms with E-state index >= 15 is 0 Å². The van der Waals surface area contributed by atoms with Gasteiger partial charge in [-0.2, -0.15) is 0 Å². The van der Waals surface area contributed by atoms with E-state index < -0.39 is 0 Å². The lowest BCUT2D eigenvalue weighted by Crippen LogP contribution is -2.22. The first kappa shape index (κ1) is 21.7. The maximum absolute atomic E-state index is 9.93. The molecule has 0 spiro atoms. The summed E-state index contributed by atoms with van der Waals surface area (Å²) in [7, 11) is 1.93. The summed E-state index contributed by atoms with van der Waals surface area (Å²) < 4.78 is 0. The predicted molar refractivity (Wildman–Crippen MR) is 88.9 cm³/mol. The third-order valence-corrected chi connectivity index (χ3v) is 3.29. The Kier molecular flexibility index (Phi) is 19.9. The summed E-state index contributed by atoms with van der Waals surface area (Å²) in [5.74, 6) is 0. The number of amides is 1. The summed E-state index contributed by atoms with van der Waals surface area (Å²) in [4.78, 5) is 11.7. The van der Waals surface area contributed by atoms with E-state index in [1.165, 1.54) is 44.9 Å². The van der Waals surface area contributed by atoms with Gasteiger partial charge in [0.15, 0.2) is 0 Å². The zero-order valence-electron chi connectivity index (χ0n) is 14.2. The summed E-state index contributed by atoms with van der Waals surface area (Å²) in [6.45, 7) is 9.09. The van der Waals surface area contributed by atoms with Crippen molar-refractivity contribution >= 4 is 6.41 Å². The van der Waals surface area contributed by atoms with E-state index in [0.29, 0.717) is 6.04 Å². The van der Waals surface area contributed by atoms with Crippen LogP contribution in [-0.4, -0.2) is 44.0 Å². The highest BCUT2D eigenvalue weighted by molar-refractivity contribution is 5.47. The molecule has 1 aliphatic carbocycles. The maximum atomic E-state index is 9.93. The number of carbonyl (C=O) groups is 1. The van der Waals surface area contributed by atoms with Crippen molar-refractivity contribution in [2.45, 2.75) is 71.8 Å². The molecule has 0 unspecified atom stereocenters. The lowest BCUT2D eigenvalue weighted by molar-refractivity contribution is -0.117. The molecule has 4 nitrogen and oxygen atoms in total. The van der Waals surface area contributed by atoms with Crippen molar-refractivity contribution in [1.29, 1.82) is 0 Å². The smallest absolute Gasteiger partial charge is 0.209 e. The van der Waals surface area contributed by atoms with Crippen LogP contribution < -0.4 is 11.1 Å². The fourth-order valence-corrected chi connectivity index (χ4v) is 1.98. The number of nitrogens with two attached hydrogens (primary N) is 1. The molecule has 1 heterocycles. The summed E-state index contributed by atoms with van der Waals surface area (Å²) in [6, 6.07) is 0.536. The number of hydrogen-bond donors (Lipinski definition) is 2. The van der Waals surface area contributed by atoms with Crippen molar-refractivity contribution in [1.82, 2.24) is 10.2 Å². The third kappa shape index (κ3) is 15.4. The molecule has 2 rings (SSSR count). The standard InChI is InChI=1S/C6H13N.C5H9NO.C3H9N.C2H6/c7-6-4-2-1-3-5-6;7-5-6-3-1-2-4-6;1-3-4-2;1-2/h6H,1-5,7H2;5H,1-4H2;4H,3H2,1-2H3;1-2H3. The Labute approximate surface area is 126 Å². The van der Waals surface area contributed by atoms with Gasteiger partial charge in [0.05, 0.1) is 0 Å². The second-order valence-electron chi connectivity index (χ2n) is 4.95. The van der Waals surface area contributed by atoms with Crippen LogP contribution in [0, 0.1) is 0 Å². The van der Waals surface area contributed by atoms with E-state index in [1.807, 2.05) is 20.9 Å². The highest BCUT2D eigenvalue weighted by atomic mass is 16.1. The summed E-state index contributed by atoms with van der Waals surface area (Å²) in [6.07, 6.45) is 9.97. The van der Waals surface area contributed by atoms with Gasteiger partial charge in [-0.15, -0.1) is 0 Å². The molecule has 1 saturated heterocycles. The molecule has 2 aliphatic rings. The van der Waals surface area contributed by atoms with Crippen LogP contribution in [0.25, 0.3) is 0 Å². The van der Waals surface area contributed by atoms with Gasteiger partial charge in [-0.1, -0.05) is 40.0 Å². The molecule has 0 aromatic carbocycles. The molecule has 2 fully saturated rings. The molecular formula is C16H37N3O. The summed E-state index contributed by atoms with van der Waals surface area (Å²) in [5.41, 5.74) is 5.63. The van der Waals surface area contributed by atoms with E-state index in [9.17, 15) is 4.79 Å². The van der Waals surface area contributed by atoms with Crippen LogP contribution in [-0.2, 0) is 4.79 Å². The highest BCUT2D eigenvalue weighted by Crippen LogP contribution is 2.14. The van der Waals surface area contributed by atoms with E-state index in [4.69, 9.17) is 5.73 Å². The molecule has 0 aromatic heterocycles. The minimum Gasteiger partial charge on any atom is -0.345 e. The lowest BCUT2D eigenvalue weighted by Gasteiger charge is -2.15. The van der Waals surface area contributed by atoms with Crippen LogP contribution in [0.1, 0.15) is 65.7 Å². The zero-order chi connectivity index (χ0) is 15.6. The molecule has 0 aromatic rings. The average molecular weight is 287 g/mol. The summed E-state index contributed by atoms with van der Waals surface area (Å²) >= 11 is 0. The molecule has 0 atom stereocenters. The average Bonchev–Trinajstić information content (AvgIpc) is 3.04. The quantitative estimate of drug-likeness (QED) is 0.768. The second-order valence-corrected chi connectivity index (χ2v) is 4.95. The molecule has 1 amide bonds. The topological polar surface area (TPSA) is 58.4 Å². The Morgan fingerprint density at radius 3 is 1.75 bits per heavy atom. The Hall–Kier alpha value is -0.610. The van der Waals surface area contributed by atoms with Crippen LogP contribution in [0.15, 0.2) is 0 Å². The van der Waals surface area contributed by atoms with Crippen molar-refractivity contribution in [2.75, 3.05) is 26.7 Å². The van der Waals surface area contributed by atoms with Crippen molar-refractivity contribution in [2.24, 2.45) is 5.73 Å². The van der Waals surface area contributed by atoms with Crippen molar-refractivity contribution < 1.29 is 4.79 Å².